The van der Waals surface area contributed by atoms with Crippen molar-refractivity contribution in [2.24, 2.45) is 0 Å². The molecule has 0 fully saturated rings. The number of anilines is 1. The van der Waals surface area contributed by atoms with Crippen LogP contribution < -0.4 is 15.4 Å². The van der Waals surface area contributed by atoms with E-state index >= 15 is 0 Å². The molecule has 0 spiro atoms. The van der Waals surface area contributed by atoms with Crippen molar-refractivity contribution in [3.63, 3.8) is 0 Å². The SMILES string of the molecule is COc1ccc(C=CC(=O)c2oc3ccc(Br)cc3c2NC(=O)CNCc2ccccc2)cc1. The van der Waals surface area contributed by atoms with Gasteiger partial charge in [0.15, 0.2) is 5.76 Å². The van der Waals surface area contributed by atoms with Crippen molar-refractivity contribution in [3.05, 3.63) is 100 Å². The smallest absolute Gasteiger partial charge is 0.238 e. The summed E-state index contributed by atoms with van der Waals surface area (Å²) in [7, 11) is 1.60. The van der Waals surface area contributed by atoms with Crippen molar-refractivity contribution in [1.82, 2.24) is 5.32 Å². The number of ether oxygens (including phenoxy) is 1. The van der Waals surface area contributed by atoms with Gasteiger partial charge in [0.05, 0.1) is 19.3 Å². The maximum atomic E-state index is 13.0. The highest BCUT2D eigenvalue weighted by molar-refractivity contribution is 9.10. The second-order valence-electron chi connectivity index (χ2n) is 7.55. The second-order valence-corrected chi connectivity index (χ2v) is 8.47. The highest BCUT2D eigenvalue weighted by Crippen LogP contribution is 2.33. The number of hydrogen-bond donors (Lipinski definition) is 2. The number of methoxy groups -OCH3 is 1. The van der Waals surface area contributed by atoms with Gasteiger partial charge in [0.25, 0.3) is 0 Å². The zero-order valence-electron chi connectivity index (χ0n) is 18.5. The summed E-state index contributed by atoms with van der Waals surface area (Å²) in [5.41, 5.74) is 2.78. The van der Waals surface area contributed by atoms with Crippen LogP contribution in [-0.2, 0) is 11.3 Å². The van der Waals surface area contributed by atoms with Crippen molar-refractivity contribution in [2.75, 3.05) is 19.0 Å². The van der Waals surface area contributed by atoms with Crippen molar-refractivity contribution in [1.29, 1.82) is 0 Å². The molecule has 0 saturated carbocycles. The molecule has 0 atom stereocenters. The average molecular weight is 519 g/mol. The lowest BCUT2D eigenvalue weighted by molar-refractivity contribution is -0.115. The molecule has 1 amide bonds. The fraction of sp³-hybridized carbons (Fsp3) is 0.111. The molecule has 0 bridgehead atoms. The van der Waals surface area contributed by atoms with E-state index in [-0.39, 0.29) is 24.0 Å². The Kier molecular flexibility index (Phi) is 7.57. The molecule has 2 N–H and O–H groups in total. The molecule has 7 heteroatoms. The number of amides is 1. The summed E-state index contributed by atoms with van der Waals surface area (Å²) < 4.78 is 11.8. The third-order valence-electron chi connectivity index (χ3n) is 5.14. The minimum absolute atomic E-state index is 0.0780. The van der Waals surface area contributed by atoms with Gasteiger partial charge in [-0.3, -0.25) is 9.59 Å². The van der Waals surface area contributed by atoms with E-state index in [0.29, 0.717) is 23.2 Å². The van der Waals surface area contributed by atoms with Crippen LogP contribution in [0.2, 0.25) is 0 Å². The van der Waals surface area contributed by atoms with Gasteiger partial charge in [-0.05, 0) is 47.5 Å². The lowest BCUT2D eigenvalue weighted by Gasteiger charge is -2.07. The molecule has 0 radical (unpaired) electrons. The van der Waals surface area contributed by atoms with Crippen LogP contribution >= 0.6 is 15.9 Å². The third-order valence-corrected chi connectivity index (χ3v) is 5.63. The fourth-order valence-electron chi connectivity index (χ4n) is 3.43. The van der Waals surface area contributed by atoms with E-state index in [4.69, 9.17) is 9.15 Å². The molecule has 4 rings (SSSR count). The van der Waals surface area contributed by atoms with E-state index in [1.54, 1.807) is 19.3 Å². The van der Waals surface area contributed by atoms with E-state index < -0.39 is 0 Å². The first-order valence-corrected chi connectivity index (χ1v) is 11.5. The summed E-state index contributed by atoms with van der Waals surface area (Å²) in [6.45, 7) is 0.646. The summed E-state index contributed by atoms with van der Waals surface area (Å²) in [5, 5.41) is 6.62. The number of carbonyl (C=O) groups excluding carboxylic acids is 2. The van der Waals surface area contributed by atoms with E-state index in [9.17, 15) is 9.59 Å². The topological polar surface area (TPSA) is 80.6 Å². The molecule has 3 aromatic carbocycles. The summed E-state index contributed by atoms with van der Waals surface area (Å²) in [5.74, 6) is 0.189. The minimum atomic E-state index is -0.351. The van der Waals surface area contributed by atoms with Crippen molar-refractivity contribution in [2.45, 2.75) is 6.54 Å². The highest BCUT2D eigenvalue weighted by Gasteiger charge is 2.21. The summed E-state index contributed by atoms with van der Waals surface area (Å²) in [6.07, 6.45) is 3.12. The number of allylic oxidation sites excluding steroid dienone is 1. The zero-order chi connectivity index (χ0) is 23.9. The first-order chi connectivity index (χ1) is 16.5. The van der Waals surface area contributed by atoms with Gasteiger partial charge in [-0.1, -0.05) is 64.5 Å². The van der Waals surface area contributed by atoms with Gasteiger partial charge in [0, 0.05) is 16.4 Å². The Morgan fingerprint density at radius 2 is 1.79 bits per heavy atom. The minimum Gasteiger partial charge on any atom is -0.497 e. The number of rotatable bonds is 9. The molecule has 1 aromatic heterocycles. The molecule has 34 heavy (non-hydrogen) atoms. The van der Waals surface area contributed by atoms with Crippen LogP contribution in [-0.4, -0.2) is 25.3 Å². The monoisotopic (exact) mass is 518 g/mol. The first-order valence-electron chi connectivity index (χ1n) is 10.7. The van der Waals surface area contributed by atoms with Crippen LogP contribution in [0.25, 0.3) is 17.0 Å². The largest absolute Gasteiger partial charge is 0.497 e. The number of benzene rings is 3. The molecule has 1 heterocycles. The Hall–Kier alpha value is -3.68. The number of furan rings is 1. The molecule has 0 aliphatic heterocycles. The van der Waals surface area contributed by atoms with Gasteiger partial charge >= 0.3 is 0 Å². The van der Waals surface area contributed by atoms with Gasteiger partial charge in [0.2, 0.25) is 11.7 Å². The van der Waals surface area contributed by atoms with Crippen molar-refractivity contribution < 1.29 is 18.7 Å². The number of hydrogen-bond acceptors (Lipinski definition) is 5. The lowest BCUT2D eigenvalue weighted by Crippen LogP contribution is -2.28. The molecule has 6 nitrogen and oxygen atoms in total. The van der Waals surface area contributed by atoms with Gasteiger partial charge in [-0.2, -0.15) is 0 Å². The van der Waals surface area contributed by atoms with Gasteiger partial charge in [0.1, 0.15) is 11.3 Å². The Morgan fingerprint density at radius 1 is 1.03 bits per heavy atom. The van der Waals surface area contributed by atoms with E-state index in [1.165, 1.54) is 6.08 Å². The van der Waals surface area contributed by atoms with E-state index in [1.807, 2.05) is 66.7 Å². The molecule has 0 aliphatic carbocycles. The number of ketones is 1. The number of carbonyl (C=O) groups is 2. The maximum absolute atomic E-state index is 13.0. The predicted molar refractivity (Wildman–Crippen MR) is 137 cm³/mol. The van der Waals surface area contributed by atoms with Gasteiger partial charge < -0.3 is 19.8 Å². The van der Waals surface area contributed by atoms with Crippen LogP contribution in [0.5, 0.6) is 5.75 Å². The Morgan fingerprint density at radius 3 is 2.53 bits per heavy atom. The summed E-state index contributed by atoms with van der Waals surface area (Å²) >= 11 is 3.44. The molecule has 4 aromatic rings. The maximum Gasteiger partial charge on any atom is 0.238 e. The standard InChI is InChI=1S/C27H23BrN2O4/c1-33-21-11-7-18(8-12-21)9-13-23(31)27-26(22-15-20(28)10-14-24(22)34-27)30-25(32)17-29-16-19-5-3-2-4-6-19/h2-15,29H,16-17H2,1H3,(H,30,32). The highest BCUT2D eigenvalue weighted by atomic mass is 79.9. The van der Waals surface area contributed by atoms with Crippen LogP contribution in [0.1, 0.15) is 21.7 Å². The first kappa shape index (κ1) is 23.5. The average Bonchev–Trinajstić information content (AvgIpc) is 3.21. The lowest BCUT2D eigenvalue weighted by atomic mass is 10.1. The van der Waals surface area contributed by atoms with Crippen LogP contribution in [0.4, 0.5) is 5.69 Å². The van der Waals surface area contributed by atoms with Gasteiger partial charge in [-0.25, -0.2) is 0 Å². The van der Waals surface area contributed by atoms with Crippen molar-refractivity contribution in [3.8, 4) is 5.75 Å². The molecule has 0 unspecified atom stereocenters. The van der Waals surface area contributed by atoms with E-state index in [0.717, 1.165) is 21.3 Å². The van der Waals surface area contributed by atoms with Crippen molar-refractivity contribution >= 4 is 50.4 Å². The zero-order valence-corrected chi connectivity index (χ0v) is 20.1. The van der Waals surface area contributed by atoms with Crippen LogP contribution in [0.3, 0.4) is 0 Å². The number of fused-ring (bicyclic) bond motifs is 1. The summed E-state index contributed by atoms with van der Waals surface area (Å²) in [4.78, 5) is 25.7. The molecule has 0 saturated heterocycles. The number of nitrogens with one attached hydrogen (secondary N) is 2. The second kappa shape index (κ2) is 11.0. The Bertz CT molecular complexity index is 1330. The predicted octanol–water partition coefficient (Wildman–Crippen LogP) is 5.83. The normalized spacial score (nSPS) is 11.1. The van der Waals surface area contributed by atoms with E-state index in [2.05, 4.69) is 26.6 Å². The van der Waals surface area contributed by atoms with Crippen LogP contribution in [0.15, 0.2) is 87.8 Å². The molecule has 172 valence electrons. The van der Waals surface area contributed by atoms with Gasteiger partial charge in [-0.15, -0.1) is 0 Å². The van der Waals surface area contributed by atoms with Crippen LogP contribution in [0, 0.1) is 0 Å². The summed E-state index contributed by atoms with van der Waals surface area (Å²) in [6, 6.07) is 22.5. The third kappa shape index (κ3) is 5.81. The number of halogens is 1. The molecular weight excluding hydrogens is 496 g/mol. The Balaban J connectivity index is 1.52. The molecule has 0 aliphatic rings. The quantitative estimate of drug-likeness (QED) is 0.215. The Labute approximate surface area is 205 Å². The molecular formula is C27H23BrN2O4. The fourth-order valence-corrected chi connectivity index (χ4v) is 3.79.